The first-order valence-electron chi connectivity index (χ1n) is 4.87. The summed E-state index contributed by atoms with van der Waals surface area (Å²) in [5.74, 6) is 0.656. The molecular formula is C11H15ClN2OS. The van der Waals surface area contributed by atoms with E-state index >= 15 is 0 Å². The summed E-state index contributed by atoms with van der Waals surface area (Å²) in [7, 11) is 3.97. The number of hydrogen-bond acceptors (Lipinski definition) is 3. The number of benzene rings is 1. The van der Waals surface area contributed by atoms with Crippen LogP contribution in [0.4, 0.5) is 0 Å². The van der Waals surface area contributed by atoms with Gasteiger partial charge in [0, 0.05) is 12.1 Å². The normalized spacial score (nSPS) is 10.5. The maximum atomic E-state index is 6.03. The van der Waals surface area contributed by atoms with Crippen molar-refractivity contribution in [2.45, 2.75) is 0 Å². The van der Waals surface area contributed by atoms with Gasteiger partial charge in [0.05, 0.1) is 5.02 Å². The van der Waals surface area contributed by atoms with Gasteiger partial charge in [-0.05, 0) is 32.3 Å². The molecule has 0 fully saturated rings. The fourth-order valence-electron chi connectivity index (χ4n) is 1.11. The molecule has 0 unspecified atom stereocenters. The van der Waals surface area contributed by atoms with Crippen molar-refractivity contribution in [1.82, 2.24) is 4.90 Å². The van der Waals surface area contributed by atoms with Crippen molar-refractivity contribution in [1.29, 1.82) is 0 Å². The van der Waals surface area contributed by atoms with Gasteiger partial charge in [0.2, 0.25) is 0 Å². The number of likely N-dealkylation sites (N-methyl/N-ethyl adjacent to an activating group) is 1. The summed E-state index contributed by atoms with van der Waals surface area (Å²) >= 11 is 10.9. The number of hydrogen-bond donors (Lipinski definition) is 1. The lowest BCUT2D eigenvalue weighted by Gasteiger charge is -2.12. The third-order valence-corrected chi connectivity index (χ3v) is 2.54. The molecule has 0 radical (unpaired) electrons. The number of ether oxygens (including phenoxy) is 1. The second-order valence-corrected chi connectivity index (χ2v) is 4.51. The molecule has 0 aromatic heterocycles. The zero-order valence-corrected chi connectivity index (χ0v) is 10.9. The van der Waals surface area contributed by atoms with E-state index in [-0.39, 0.29) is 0 Å². The van der Waals surface area contributed by atoms with Crippen LogP contribution in [0.5, 0.6) is 5.75 Å². The molecule has 16 heavy (non-hydrogen) atoms. The highest BCUT2D eigenvalue weighted by atomic mass is 35.5. The Labute approximate surface area is 106 Å². The van der Waals surface area contributed by atoms with Crippen LogP contribution < -0.4 is 10.5 Å². The number of nitrogens with zero attached hydrogens (tertiary/aromatic N) is 1. The minimum atomic E-state index is 0.335. The number of thiocarbonyl (C=S) groups is 1. The molecule has 5 heteroatoms. The molecule has 0 saturated heterocycles. The summed E-state index contributed by atoms with van der Waals surface area (Å²) in [6, 6.07) is 5.31. The van der Waals surface area contributed by atoms with Crippen molar-refractivity contribution >= 4 is 28.8 Å². The van der Waals surface area contributed by atoms with Gasteiger partial charge in [-0.15, -0.1) is 0 Å². The lowest BCUT2D eigenvalue weighted by atomic mass is 10.2. The van der Waals surface area contributed by atoms with Crippen molar-refractivity contribution in [3.63, 3.8) is 0 Å². The van der Waals surface area contributed by atoms with Crippen molar-refractivity contribution in [3.8, 4) is 5.75 Å². The van der Waals surface area contributed by atoms with E-state index in [1.54, 1.807) is 18.2 Å². The molecule has 0 spiro atoms. The second-order valence-electron chi connectivity index (χ2n) is 3.66. The van der Waals surface area contributed by atoms with Crippen molar-refractivity contribution in [2.75, 3.05) is 27.2 Å². The Morgan fingerprint density at radius 2 is 2.19 bits per heavy atom. The van der Waals surface area contributed by atoms with E-state index in [0.717, 1.165) is 12.1 Å². The highest BCUT2D eigenvalue weighted by molar-refractivity contribution is 7.80. The quantitative estimate of drug-likeness (QED) is 0.819. The fourth-order valence-corrected chi connectivity index (χ4v) is 1.47. The second kappa shape index (κ2) is 6.03. The predicted molar refractivity (Wildman–Crippen MR) is 71.4 cm³/mol. The highest BCUT2D eigenvalue weighted by Crippen LogP contribution is 2.25. The number of nitrogens with two attached hydrogens (primary N) is 1. The Hall–Kier alpha value is -0.840. The van der Waals surface area contributed by atoms with Gasteiger partial charge in [0.25, 0.3) is 0 Å². The first kappa shape index (κ1) is 13.2. The van der Waals surface area contributed by atoms with Crippen LogP contribution in [-0.4, -0.2) is 37.1 Å². The zero-order chi connectivity index (χ0) is 12.1. The molecule has 0 heterocycles. The molecule has 1 aromatic carbocycles. The van der Waals surface area contributed by atoms with Crippen molar-refractivity contribution in [2.24, 2.45) is 5.73 Å². The highest BCUT2D eigenvalue weighted by Gasteiger charge is 2.04. The van der Waals surface area contributed by atoms with Gasteiger partial charge in [0.1, 0.15) is 17.3 Å². The summed E-state index contributed by atoms with van der Waals surface area (Å²) in [5.41, 5.74) is 6.25. The van der Waals surface area contributed by atoms with E-state index in [2.05, 4.69) is 0 Å². The van der Waals surface area contributed by atoms with E-state index in [4.69, 9.17) is 34.3 Å². The van der Waals surface area contributed by atoms with Crippen LogP contribution in [0.25, 0.3) is 0 Å². The molecule has 0 bridgehead atoms. The van der Waals surface area contributed by atoms with Gasteiger partial charge in [-0.2, -0.15) is 0 Å². The summed E-state index contributed by atoms with van der Waals surface area (Å²) < 4.78 is 5.52. The van der Waals surface area contributed by atoms with Crippen LogP contribution in [0.2, 0.25) is 5.02 Å². The smallest absolute Gasteiger partial charge is 0.137 e. The number of rotatable bonds is 5. The molecule has 0 saturated carbocycles. The summed E-state index contributed by atoms with van der Waals surface area (Å²) in [6.45, 7) is 1.44. The van der Waals surface area contributed by atoms with Crippen LogP contribution in [0, 0.1) is 0 Å². The maximum absolute atomic E-state index is 6.03. The van der Waals surface area contributed by atoms with Crippen molar-refractivity contribution < 1.29 is 4.74 Å². The predicted octanol–water partition coefficient (Wildman–Crippen LogP) is 1.91. The lowest BCUT2D eigenvalue weighted by molar-refractivity contribution is 0.261. The Bertz CT molecular complexity index is 382. The van der Waals surface area contributed by atoms with E-state index in [1.807, 2.05) is 19.0 Å². The molecule has 0 amide bonds. The maximum Gasteiger partial charge on any atom is 0.137 e. The average molecular weight is 259 g/mol. The Kier molecular flexibility index (Phi) is 4.99. The summed E-state index contributed by atoms with van der Waals surface area (Å²) in [5, 5.41) is 0.532. The third-order valence-electron chi connectivity index (χ3n) is 2.01. The molecule has 0 aliphatic rings. The van der Waals surface area contributed by atoms with Crippen LogP contribution in [-0.2, 0) is 0 Å². The van der Waals surface area contributed by atoms with Gasteiger partial charge < -0.3 is 15.4 Å². The molecule has 0 aliphatic heterocycles. The largest absolute Gasteiger partial charge is 0.491 e. The van der Waals surface area contributed by atoms with Gasteiger partial charge in [-0.1, -0.05) is 23.8 Å². The fraction of sp³-hybridized carbons (Fsp3) is 0.364. The molecule has 0 atom stereocenters. The van der Waals surface area contributed by atoms with Crippen molar-refractivity contribution in [3.05, 3.63) is 28.8 Å². The molecule has 0 aliphatic carbocycles. The van der Waals surface area contributed by atoms with Gasteiger partial charge in [0.15, 0.2) is 0 Å². The molecule has 3 nitrogen and oxygen atoms in total. The van der Waals surface area contributed by atoms with E-state index in [9.17, 15) is 0 Å². The summed E-state index contributed by atoms with van der Waals surface area (Å²) in [4.78, 5) is 2.37. The van der Waals surface area contributed by atoms with Crippen LogP contribution >= 0.6 is 23.8 Å². The third kappa shape index (κ3) is 3.96. The Morgan fingerprint density at radius 1 is 1.50 bits per heavy atom. The van der Waals surface area contributed by atoms with Crippen LogP contribution in [0.3, 0.4) is 0 Å². The van der Waals surface area contributed by atoms with E-state index < -0.39 is 0 Å². The van der Waals surface area contributed by atoms with Gasteiger partial charge in [-0.3, -0.25) is 0 Å². The Balaban J connectivity index is 2.64. The van der Waals surface area contributed by atoms with Crippen LogP contribution in [0.15, 0.2) is 18.2 Å². The lowest BCUT2D eigenvalue weighted by Crippen LogP contribution is -2.19. The minimum Gasteiger partial charge on any atom is -0.491 e. The van der Waals surface area contributed by atoms with E-state index in [1.165, 1.54) is 0 Å². The first-order chi connectivity index (χ1) is 7.50. The molecule has 1 aromatic rings. The number of halogens is 1. The molecule has 2 N–H and O–H groups in total. The van der Waals surface area contributed by atoms with Gasteiger partial charge >= 0.3 is 0 Å². The first-order valence-corrected chi connectivity index (χ1v) is 5.66. The van der Waals surface area contributed by atoms with E-state index in [0.29, 0.717) is 22.4 Å². The Morgan fingerprint density at radius 3 is 2.69 bits per heavy atom. The zero-order valence-electron chi connectivity index (χ0n) is 9.37. The monoisotopic (exact) mass is 258 g/mol. The standard InChI is InChI=1S/C11H15ClN2OS/c1-14(2)5-6-15-10-4-3-8(11(13)16)7-9(10)12/h3-4,7H,5-6H2,1-2H3,(H2,13,16). The van der Waals surface area contributed by atoms with Gasteiger partial charge in [-0.25, -0.2) is 0 Å². The average Bonchev–Trinajstić information content (AvgIpc) is 2.19. The SMILES string of the molecule is CN(C)CCOc1ccc(C(N)=S)cc1Cl. The topological polar surface area (TPSA) is 38.5 Å². The molecule has 88 valence electrons. The minimum absolute atomic E-state index is 0.335. The molecule has 1 rings (SSSR count). The van der Waals surface area contributed by atoms with Crippen LogP contribution in [0.1, 0.15) is 5.56 Å². The molecular weight excluding hydrogens is 244 g/mol. The summed E-state index contributed by atoms with van der Waals surface area (Å²) in [6.07, 6.45) is 0.